The third-order valence-electron chi connectivity index (χ3n) is 8.97. The number of ether oxygens (including phenoxy) is 2. The number of rotatable bonds is 17. The molecule has 5 N–H and O–H groups in total. The van der Waals surface area contributed by atoms with Crippen LogP contribution in [0.2, 0.25) is 0 Å². The lowest BCUT2D eigenvalue weighted by atomic mass is 10.1. The monoisotopic (exact) mass is 764 g/mol. The summed E-state index contributed by atoms with van der Waals surface area (Å²) in [7, 11) is 5.00. The molecule has 6 rings (SSSR count). The number of nitrogens with two attached hydrogens (primary N) is 1. The number of benzene rings is 2. The Hall–Kier alpha value is -6.82. The van der Waals surface area contributed by atoms with Crippen LogP contribution in [0.5, 0.6) is 11.5 Å². The van der Waals surface area contributed by atoms with E-state index in [9.17, 15) is 19.2 Å². The van der Waals surface area contributed by atoms with Crippen molar-refractivity contribution in [3.63, 3.8) is 0 Å². The van der Waals surface area contributed by atoms with Crippen molar-refractivity contribution in [2.45, 2.75) is 46.8 Å². The summed E-state index contributed by atoms with van der Waals surface area (Å²) in [6.07, 6.45) is 5.15. The second kappa shape index (κ2) is 16.7. The first-order chi connectivity index (χ1) is 27.0. The summed E-state index contributed by atoms with van der Waals surface area (Å²) in [5, 5.41) is 17.6. The largest absolute Gasteiger partial charge is 0.494 e. The number of allylic oxidation sites excluding steroid dienone is 2. The maximum absolute atomic E-state index is 13.6. The summed E-state index contributed by atoms with van der Waals surface area (Å²) in [4.78, 5) is 60.6. The van der Waals surface area contributed by atoms with E-state index in [4.69, 9.17) is 20.2 Å². The Morgan fingerprint density at radius 2 is 1.45 bits per heavy atom. The lowest BCUT2D eigenvalue weighted by molar-refractivity contribution is 0.0994. The van der Waals surface area contributed by atoms with Crippen LogP contribution in [0.15, 0.2) is 48.6 Å². The number of aryl methyl sites for hydroxylation is 4. The second-order valence-electron chi connectivity index (χ2n) is 13.0. The van der Waals surface area contributed by atoms with Crippen LogP contribution in [0, 0.1) is 13.8 Å². The van der Waals surface area contributed by atoms with Crippen LogP contribution in [-0.2, 0) is 26.7 Å². The summed E-state index contributed by atoms with van der Waals surface area (Å²) >= 11 is 0. The zero-order chi connectivity index (χ0) is 40.1. The highest BCUT2D eigenvalue weighted by Crippen LogP contribution is 2.33. The quantitative estimate of drug-likeness (QED) is 0.0597. The number of nitrogens with one attached hydrogen (secondary N) is 3. The van der Waals surface area contributed by atoms with E-state index in [2.05, 4.69) is 31.1 Å². The molecule has 0 saturated carbocycles. The van der Waals surface area contributed by atoms with E-state index in [0.717, 1.165) is 12.8 Å². The van der Waals surface area contributed by atoms with E-state index in [0.29, 0.717) is 81.5 Å². The number of methoxy groups -OCH3 is 1. The number of nitrogens with zero attached hydrogens (tertiary/aromatic N) is 8. The standard InChI is InChI=1S/C38H44N12O6/c1-7-50-29(16-23(3)46-50)36(54)44-38-42-27-19-25(34(39)52)20-30(55-6)32(27)48(38)12-8-9-13-49-33-26(17-24(21-51)18-31(33)56-14-10-11-40-4)41-37(49)43-35(53)28-15-22(2)45-47(28)5/h8-9,15-21,40H,7,10-14H2,1-6H3,(H2,39,52)(H,41,43,53)(H,42,44,54)/b9-8+. The highest BCUT2D eigenvalue weighted by molar-refractivity contribution is 6.05. The molecule has 4 heterocycles. The molecular weight excluding hydrogens is 720 g/mol. The first-order valence-corrected chi connectivity index (χ1v) is 17.9. The first-order valence-electron chi connectivity index (χ1n) is 17.9. The molecule has 0 aliphatic rings. The van der Waals surface area contributed by atoms with Gasteiger partial charge in [-0.3, -0.25) is 39.2 Å². The van der Waals surface area contributed by atoms with E-state index in [-0.39, 0.29) is 30.5 Å². The van der Waals surface area contributed by atoms with E-state index >= 15 is 0 Å². The summed E-state index contributed by atoms with van der Waals surface area (Å²) < 4.78 is 18.5. The number of hydrogen-bond donors (Lipinski definition) is 4. The number of anilines is 2. The van der Waals surface area contributed by atoms with Crippen LogP contribution in [0.3, 0.4) is 0 Å². The molecule has 0 fully saturated rings. The van der Waals surface area contributed by atoms with Crippen LogP contribution in [0.4, 0.5) is 11.9 Å². The number of imidazole rings is 2. The molecule has 0 atom stereocenters. The van der Waals surface area contributed by atoms with Crippen molar-refractivity contribution in [3.05, 3.63) is 82.5 Å². The minimum Gasteiger partial charge on any atom is -0.494 e. The molecule has 0 spiro atoms. The van der Waals surface area contributed by atoms with Crippen molar-refractivity contribution in [2.75, 3.05) is 37.9 Å². The molecule has 292 valence electrons. The molecule has 18 heteroatoms. The fourth-order valence-electron chi connectivity index (χ4n) is 6.42. The molecule has 6 aromatic rings. The minimum absolute atomic E-state index is 0.190. The van der Waals surface area contributed by atoms with Crippen molar-refractivity contribution in [2.24, 2.45) is 12.8 Å². The van der Waals surface area contributed by atoms with Gasteiger partial charge in [0.15, 0.2) is 0 Å². The summed E-state index contributed by atoms with van der Waals surface area (Å²) in [6.45, 7) is 7.47. The van der Waals surface area contributed by atoms with Crippen LogP contribution in [-0.4, -0.2) is 90.0 Å². The Labute approximate surface area is 321 Å². The average molecular weight is 765 g/mol. The predicted molar refractivity (Wildman–Crippen MR) is 210 cm³/mol. The smallest absolute Gasteiger partial charge is 0.276 e. The molecule has 4 aromatic heterocycles. The van der Waals surface area contributed by atoms with Gasteiger partial charge in [0.2, 0.25) is 17.8 Å². The van der Waals surface area contributed by atoms with E-state index in [1.165, 1.54) is 17.9 Å². The number of carbonyl (C=O) groups excluding carboxylic acids is 4. The van der Waals surface area contributed by atoms with E-state index in [1.807, 2.05) is 26.1 Å². The molecule has 0 saturated heterocycles. The van der Waals surface area contributed by atoms with Gasteiger partial charge in [-0.15, -0.1) is 0 Å². The number of carbonyl (C=O) groups is 4. The maximum Gasteiger partial charge on any atom is 0.276 e. The Kier molecular flexibility index (Phi) is 11.6. The number of hydrogen-bond acceptors (Lipinski definition) is 11. The van der Waals surface area contributed by atoms with Gasteiger partial charge >= 0.3 is 0 Å². The van der Waals surface area contributed by atoms with Crippen LogP contribution in [0.25, 0.3) is 22.1 Å². The lowest BCUT2D eigenvalue weighted by Gasteiger charge is -2.13. The van der Waals surface area contributed by atoms with Gasteiger partial charge in [-0.1, -0.05) is 12.2 Å². The highest BCUT2D eigenvalue weighted by Gasteiger charge is 2.23. The number of amides is 3. The Bertz CT molecular complexity index is 2490. The lowest BCUT2D eigenvalue weighted by Crippen LogP contribution is -2.20. The van der Waals surface area contributed by atoms with Gasteiger partial charge in [-0.2, -0.15) is 10.2 Å². The Balaban J connectivity index is 1.39. The molecule has 18 nitrogen and oxygen atoms in total. The molecule has 0 radical (unpaired) electrons. The molecule has 2 aromatic carbocycles. The molecule has 0 bridgehead atoms. The fraction of sp³-hybridized carbons (Fsp3) is 0.316. The minimum atomic E-state index is -0.660. The Morgan fingerprint density at radius 3 is 2.02 bits per heavy atom. The summed E-state index contributed by atoms with van der Waals surface area (Å²) in [6, 6.07) is 9.71. The molecule has 56 heavy (non-hydrogen) atoms. The SMILES string of the molecule is CCn1nc(C)cc1C(=O)Nc1nc2cc(C(N)=O)cc(OC)c2n1C/C=C/Cn1c(NC(=O)c2cc(C)nn2C)nc2cc(C=O)cc(OCCCNC)c21. The summed E-state index contributed by atoms with van der Waals surface area (Å²) in [5.74, 6) is -0.327. The highest BCUT2D eigenvalue weighted by atomic mass is 16.5. The molecule has 3 amide bonds. The number of aldehydes is 1. The van der Waals surface area contributed by atoms with Gasteiger partial charge in [0.25, 0.3) is 11.8 Å². The van der Waals surface area contributed by atoms with Crippen LogP contribution >= 0.6 is 0 Å². The van der Waals surface area contributed by atoms with Gasteiger partial charge in [0.05, 0.1) is 36.1 Å². The fourth-order valence-corrected chi connectivity index (χ4v) is 6.42. The third kappa shape index (κ3) is 8.00. The molecular formula is C38H44N12O6. The normalized spacial score (nSPS) is 11.5. The van der Waals surface area contributed by atoms with Gasteiger partial charge in [-0.25, -0.2) is 9.97 Å². The number of aromatic nitrogens is 8. The zero-order valence-electron chi connectivity index (χ0n) is 32.0. The predicted octanol–water partition coefficient (Wildman–Crippen LogP) is 3.62. The van der Waals surface area contributed by atoms with Crippen molar-refractivity contribution in [1.82, 2.24) is 44.0 Å². The number of fused-ring (bicyclic) bond motifs is 2. The van der Waals surface area contributed by atoms with Gasteiger partial charge in [-0.05, 0) is 77.2 Å². The second-order valence-corrected chi connectivity index (χ2v) is 13.0. The first kappa shape index (κ1) is 38.9. The topological polar surface area (TPSA) is 220 Å². The van der Waals surface area contributed by atoms with E-state index < -0.39 is 17.7 Å². The molecule has 0 aliphatic carbocycles. The molecule has 0 aliphatic heterocycles. The van der Waals surface area contributed by atoms with Crippen LogP contribution < -0.4 is 31.2 Å². The van der Waals surface area contributed by atoms with Crippen molar-refractivity contribution >= 4 is 58.0 Å². The average Bonchev–Trinajstić information content (AvgIpc) is 3.93. The van der Waals surface area contributed by atoms with Crippen molar-refractivity contribution in [1.29, 1.82) is 0 Å². The Morgan fingerprint density at radius 1 is 0.839 bits per heavy atom. The maximum atomic E-state index is 13.6. The van der Waals surface area contributed by atoms with Gasteiger partial charge < -0.3 is 29.7 Å². The van der Waals surface area contributed by atoms with E-state index in [1.54, 1.807) is 65.0 Å². The van der Waals surface area contributed by atoms with Crippen molar-refractivity contribution < 1.29 is 28.7 Å². The zero-order valence-corrected chi connectivity index (χ0v) is 32.0. The summed E-state index contributed by atoms with van der Waals surface area (Å²) in [5.41, 5.74) is 10.1. The van der Waals surface area contributed by atoms with Crippen molar-refractivity contribution in [3.8, 4) is 11.5 Å². The van der Waals surface area contributed by atoms with Gasteiger partial charge in [0.1, 0.15) is 40.2 Å². The number of primary amides is 1. The van der Waals surface area contributed by atoms with Gasteiger partial charge in [0, 0.05) is 37.8 Å². The van der Waals surface area contributed by atoms with Crippen LogP contribution in [0.1, 0.15) is 66.4 Å². The molecule has 0 unspecified atom stereocenters. The third-order valence-corrected chi connectivity index (χ3v) is 8.97.